The van der Waals surface area contributed by atoms with Gasteiger partial charge in [-0.15, -0.1) is 0 Å². The van der Waals surface area contributed by atoms with E-state index in [-0.39, 0.29) is 11.8 Å². The van der Waals surface area contributed by atoms with E-state index in [1.807, 2.05) is 60.7 Å². The summed E-state index contributed by atoms with van der Waals surface area (Å²) in [7, 11) is 0. The van der Waals surface area contributed by atoms with Crippen LogP contribution in [0.2, 0.25) is 0 Å². The molecule has 0 spiro atoms. The van der Waals surface area contributed by atoms with Crippen molar-refractivity contribution in [1.82, 2.24) is 5.32 Å². The Morgan fingerprint density at radius 2 is 1.45 bits per heavy atom. The van der Waals surface area contributed by atoms with Gasteiger partial charge in [0.15, 0.2) is 13.2 Å². The highest BCUT2D eigenvalue weighted by atomic mass is 19.1. The van der Waals surface area contributed by atoms with E-state index in [0.29, 0.717) is 0 Å². The van der Waals surface area contributed by atoms with Gasteiger partial charge in [-0.3, -0.25) is 4.79 Å². The minimum atomic E-state index is -0.722. The largest absolute Gasteiger partial charge is 0.482 e. The van der Waals surface area contributed by atoms with Gasteiger partial charge in [0.25, 0.3) is 5.91 Å². The van der Waals surface area contributed by atoms with Gasteiger partial charge in [0.2, 0.25) is 0 Å². The summed E-state index contributed by atoms with van der Waals surface area (Å²) in [5, 5.41) is 2.88. The van der Waals surface area contributed by atoms with Crippen LogP contribution < -0.4 is 10.1 Å². The van der Waals surface area contributed by atoms with Gasteiger partial charge < -0.3 is 14.8 Å². The summed E-state index contributed by atoms with van der Waals surface area (Å²) in [5.74, 6) is -1.43. The number of halogens is 1. The predicted octanol–water partition coefficient (Wildman–Crippen LogP) is 3.65. The van der Waals surface area contributed by atoms with Crippen LogP contribution in [0.3, 0.4) is 0 Å². The van der Waals surface area contributed by atoms with Crippen LogP contribution in [0.4, 0.5) is 4.39 Å². The van der Waals surface area contributed by atoms with Gasteiger partial charge in [0.05, 0.1) is 6.04 Å². The molecule has 0 aromatic heterocycles. The summed E-state index contributed by atoms with van der Waals surface area (Å²) >= 11 is 0. The first kappa shape index (κ1) is 20.1. The van der Waals surface area contributed by atoms with E-state index in [2.05, 4.69) is 5.32 Å². The lowest BCUT2D eigenvalue weighted by Gasteiger charge is -2.20. The van der Waals surface area contributed by atoms with Crippen LogP contribution in [0.5, 0.6) is 5.75 Å². The van der Waals surface area contributed by atoms with E-state index in [4.69, 9.17) is 9.47 Å². The molecule has 3 aromatic rings. The molecule has 1 N–H and O–H groups in total. The number of nitrogens with one attached hydrogen (secondary N) is 1. The molecule has 0 fully saturated rings. The summed E-state index contributed by atoms with van der Waals surface area (Å²) in [6, 6.07) is 24.1. The van der Waals surface area contributed by atoms with E-state index in [1.54, 1.807) is 0 Å². The Bertz CT molecular complexity index is 908. The smallest absolute Gasteiger partial charge is 0.344 e. The number of ether oxygens (including phenoxy) is 2. The van der Waals surface area contributed by atoms with Crippen molar-refractivity contribution in [1.29, 1.82) is 0 Å². The zero-order valence-corrected chi connectivity index (χ0v) is 15.6. The number of hydrogen-bond acceptors (Lipinski definition) is 4. The number of carbonyl (C=O) groups excluding carboxylic acids is 2. The second-order valence-electron chi connectivity index (χ2n) is 6.23. The number of rotatable bonds is 8. The number of carbonyl (C=O) groups is 2. The molecule has 3 rings (SSSR count). The first-order chi connectivity index (χ1) is 14.1. The zero-order chi connectivity index (χ0) is 20.5. The fraction of sp³-hybridized carbons (Fsp3) is 0.130. The molecule has 1 amide bonds. The van der Waals surface area contributed by atoms with E-state index < -0.39 is 30.9 Å². The highest BCUT2D eigenvalue weighted by Gasteiger charge is 2.17. The van der Waals surface area contributed by atoms with Crippen molar-refractivity contribution < 1.29 is 23.5 Å². The zero-order valence-electron chi connectivity index (χ0n) is 15.6. The Balaban J connectivity index is 1.54. The highest BCUT2D eigenvalue weighted by Crippen LogP contribution is 2.21. The Labute approximate surface area is 168 Å². The van der Waals surface area contributed by atoms with Crippen molar-refractivity contribution in [2.45, 2.75) is 6.04 Å². The molecule has 0 saturated carbocycles. The summed E-state index contributed by atoms with van der Waals surface area (Å²) in [6.45, 7) is -0.862. The number of amides is 1. The van der Waals surface area contributed by atoms with Crippen molar-refractivity contribution in [3.63, 3.8) is 0 Å². The molecular formula is C23H20FNO4. The van der Waals surface area contributed by atoms with E-state index >= 15 is 0 Å². The summed E-state index contributed by atoms with van der Waals surface area (Å²) in [4.78, 5) is 24.2. The molecule has 148 valence electrons. The fourth-order valence-electron chi connectivity index (χ4n) is 2.74. The molecule has 29 heavy (non-hydrogen) atoms. The van der Waals surface area contributed by atoms with Crippen molar-refractivity contribution in [2.75, 3.05) is 13.2 Å². The standard InChI is InChI=1S/C23H20FNO4/c24-19-12-7-13-20(14-19)28-16-22(27)29-15-21(26)25-23(17-8-3-1-4-9-17)18-10-5-2-6-11-18/h1-14,23H,15-16H2,(H,25,26). The van der Waals surface area contributed by atoms with Crippen molar-refractivity contribution in [3.05, 3.63) is 102 Å². The van der Waals surface area contributed by atoms with Crippen molar-refractivity contribution >= 4 is 11.9 Å². The third-order valence-corrected chi connectivity index (χ3v) is 4.09. The van der Waals surface area contributed by atoms with Gasteiger partial charge in [-0.05, 0) is 23.3 Å². The van der Waals surface area contributed by atoms with Crippen LogP contribution in [0.25, 0.3) is 0 Å². The van der Waals surface area contributed by atoms with E-state index in [1.165, 1.54) is 18.2 Å². The van der Waals surface area contributed by atoms with Crippen LogP contribution >= 0.6 is 0 Å². The third-order valence-electron chi connectivity index (χ3n) is 4.09. The summed E-state index contributed by atoms with van der Waals surface area (Å²) in [6.07, 6.45) is 0. The maximum Gasteiger partial charge on any atom is 0.344 e. The molecular weight excluding hydrogens is 373 g/mol. The van der Waals surface area contributed by atoms with Crippen LogP contribution in [0.1, 0.15) is 17.2 Å². The quantitative estimate of drug-likeness (QED) is 0.594. The lowest BCUT2D eigenvalue weighted by molar-refractivity contribution is -0.150. The molecule has 0 bridgehead atoms. The second kappa shape index (κ2) is 10.0. The predicted molar refractivity (Wildman–Crippen MR) is 106 cm³/mol. The van der Waals surface area contributed by atoms with Gasteiger partial charge in [0, 0.05) is 6.07 Å². The third kappa shape index (κ3) is 6.17. The average Bonchev–Trinajstić information content (AvgIpc) is 2.76. The summed E-state index contributed by atoms with van der Waals surface area (Å²) < 4.78 is 23.2. The molecule has 6 heteroatoms. The lowest BCUT2D eigenvalue weighted by atomic mass is 9.99. The molecule has 0 radical (unpaired) electrons. The Morgan fingerprint density at radius 3 is 2.03 bits per heavy atom. The van der Waals surface area contributed by atoms with E-state index in [9.17, 15) is 14.0 Å². The van der Waals surface area contributed by atoms with Gasteiger partial charge >= 0.3 is 5.97 Å². The Morgan fingerprint density at radius 1 is 0.828 bits per heavy atom. The van der Waals surface area contributed by atoms with Gasteiger partial charge in [-0.2, -0.15) is 0 Å². The van der Waals surface area contributed by atoms with Crippen LogP contribution in [0, 0.1) is 5.82 Å². The molecule has 0 unspecified atom stereocenters. The van der Waals surface area contributed by atoms with Gasteiger partial charge in [0.1, 0.15) is 11.6 Å². The average molecular weight is 393 g/mol. The molecule has 5 nitrogen and oxygen atoms in total. The number of benzene rings is 3. The topological polar surface area (TPSA) is 64.6 Å². The minimum absolute atomic E-state index is 0.208. The van der Waals surface area contributed by atoms with Crippen LogP contribution in [-0.2, 0) is 14.3 Å². The molecule has 0 heterocycles. The monoisotopic (exact) mass is 393 g/mol. The molecule has 0 saturated heterocycles. The van der Waals surface area contributed by atoms with Crippen LogP contribution in [0.15, 0.2) is 84.9 Å². The van der Waals surface area contributed by atoms with Gasteiger partial charge in [-0.1, -0.05) is 66.7 Å². The first-order valence-corrected chi connectivity index (χ1v) is 9.05. The SMILES string of the molecule is O=C(COC(=O)COc1cccc(F)c1)NC(c1ccccc1)c1ccccc1. The minimum Gasteiger partial charge on any atom is -0.482 e. The van der Waals surface area contributed by atoms with Gasteiger partial charge in [-0.25, -0.2) is 9.18 Å². The summed E-state index contributed by atoms with van der Waals surface area (Å²) in [5.41, 5.74) is 1.82. The lowest BCUT2D eigenvalue weighted by Crippen LogP contribution is -2.33. The van der Waals surface area contributed by atoms with Crippen molar-refractivity contribution in [2.24, 2.45) is 0 Å². The van der Waals surface area contributed by atoms with Crippen molar-refractivity contribution in [3.8, 4) is 5.75 Å². The fourth-order valence-corrected chi connectivity index (χ4v) is 2.74. The maximum absolute atomic E-state index is 13.1. The Hall–Kier alpha value is -3.67. The molecule has 3 aromatic carbocycles. The first-order valence-electron chi connectivity index (χ1n) is 9.05. The molecule has 0 atom stereocenters. The Kier molecular flexibility index (Phi) is 6.95. The normalized spacial score (nSPS) is 10.4. The van der Waals surface area contributed by atoms with Crippen LogP contribution in [-0.4, -0.2) is 25.1 Å². The maximum atomic E-state index is 13.1. The number of hydrogen-bond donors (Lipinski definition) is 1. The molecule has 0 aliphatic rings. The molecule has 0 aliphatic heterocycles. The van der Waals surface area contributed by atoms with E-state index in [0.717, 1.165) is 17.2 Å². The second-order valence-corrected chi connectivity index (χ2v) is 6.23. The highest BCUT2D eigenvalue weighted by molar-refractivity contribution is 5.81. The number of esters is 1. The molecule has 0 aliphatic carbocycles.